The maximum Gasteiger partial charge on any atom is 0.267 e. The Labute approximate surface area is 116 Å². The number of hydrogen-bond donors (Lipinski definition) is 2. The van der Waals surface area contributed by atoms with E-state index in [0.717, 1.165) is 23.2 Å². The van der Waals surface area contributed by atoms with Gasteiger partial charge in [0.05, 0.1) is 5.69 Å². The Hall–Kier alpha value is -1.88. The number of hydrogen-bond acceptors (Lipinski definition) is 4. The molecule has 0 radical (unpaired) electrons. The van der Waals surface area contributed by atoms with E-state index in [4.69, 9.17) is 5.73 Å². The highest BCUT2D eigenvalue weighted by Gasteiger charge is 2.16. The lowest BCUT2D eigenvalue weighted by molar-refractivity contribution is 0.102. The average molecular weight is 275 g/mol. The molecule has 1 amide bonds. The predicted molar refractivity (Wildman–Crippen MR) is 79.8 cm³/mol. The number of thiazole rings is 1. The fourth-order valence-corrected chi connectivity index (χ4v) is 2.73. The van der Waals surface area contributed by atoms with Gasteiger partial charge in [0.25, 0.3) is 5.91 Å². The van der Waals surface area contributed by atoms with E-state index in [2.05, 4.69) is 17.2 Å². The maximum atomic E-state index is 12.3. The minimum Gasteiger partial charge on any atom is -0.375 e. The first kappa shape index (κ1) is 13.5. The fraction of sp³-hybridized carbons (Fsp3) is 0.286. The summed E-state index contributed by atoms with van der Waals surface area (Å²) in [5.41, 5.74) is 9.37. The monoisotopic (exact) mass is 275 g/mol. The van der Waals surface area contributed by atoms with Gasteiger partial charge in [-0.3, -0.25) is 4.79 Å². The molecule has 0 fully saturated rings. The van der Waals surface area contributed by atoms with E-state index in [1.807, 2.05) is 25.1 Å². The molecule has 4 nitrogen and oxygen atoms in total. The minimum absolute atomic E-state index is 0.143. The number of carbonyl (C=O) groups excluding carboxylic acids is 1. The molecule has 0 aliphatic heterocycles. The highest BCUT2D eigenvalue weighted by molar-refractivity contribution is 7.17. The topological polar surface area (TPSA) is 68.0 Å². The van der Waals surface area contributed by atoms with Crippen LogP contribution in [0.2, 0.25) is 0 Å². The summed E-state index contributed by atoms with van der Waals surface area (Å²) in [6, 6.07) is 6.01. The normalized spacial score (nSPS) is 10.5. The molecule has 100 valence electrons. The molecule has 1 aromatic carbocycles. The van der Waals surface area contributed by atoms with Crippen LogP contribution in [-0.2, 0) is 6.42 Å². The molecule has 0 bridgehead atoms. The van der Waals surface area contributed by atoms with E-state index in [1.54, 1.807) is 6.92 Å². The van der Waals surface area contributed by atoms with Crippen molar-refractivity contribution in [3.05, 3.63) is 39.9 Å². The molecule has 0 saturated heterocycles. The van der Waals surface area contributed by atoms with E-state index in [9.17, 15) is 4.79 Å². The predicted octanol–water partition coefficient (Wildman–Crippen LogP) is 3.16. The number of nitrogens with one attached hydrogen (secondary N) is 1. The van der Waals surface area contributed by atoms with Gasteiger partial charge in [-0.05, 0) is 31.4 Å². The summed E-state index contributed by atoms with van der Waals surface area (Å²) in [7, 11) is 0. The van der Waals surface area contributed by atoms with Crippen LogP contribution in [0.5, 0.6) is 0 Å². The van der Waals surface area contributed by atoms with Crippen molar-refractivity contribution >= 4 is 28.1 Å². The van der Waals surface area contributed by atoms with Gasteiger partial charge in [0, 0.05) is 5.69 Å². The van der Waals surface area contributed by atoms with E-state index in [-0.39, 0.29) is 5.91 Å². The lowest BCUT2D eigenvalue weighted by atomic mass is 10.1. The number of aryl methyl sites for hydroxylation is 3. The van der Waals surface area contributed by atoms with Gasteiger partial charge in [-0.15, -0.1) is 0 Å². The molecule has 19 heavy (non-hydrogen) atoms. The first-order chi connectivity index (χ1) is 9.02. The van der Waals surface area contributed by atoms with Gasteiger partial charge in [-0.1, -0.05) is 36.5 Å². The van der Waals surface area contributed by atoms with E-state index >= 15 is 0 Å². The maximum absolute atomic E-state index is 12.3. The van der Waals surface area contributed by atoms with Gasteiger partial charge in [0.1, 0.15) is 4.88 Å². The molecule has 0 saturated carbocycles. The smallest absolute Gasteiger partial charge is 0.267 e. The minimum atomic E-state index is -0.143. The standard InChI is InChI=1S/C14H17N3OS/c1-4-10-7-5-6-8(2)11(10)17-13(18)12-9(3)16-14(15)19-12/h5-7H,4H2,1-3H3,(H2,15,16)(H,17,18). The molecule has 0 aliphatic carbocycles. The van der Waals surface area contributed by atoms with Crippen molar-refractivity contribution in [1.29, 1.82) is 0 Å². The number of rotatable bonds is 3. The zero-order valence-electron chi connectivity index (χ0n) is 11.3. The lowest BCUT2D eigenvalue weighted by Crippen LogP contribution is -2.14. The summed E-state index contributed by atoms with van der Waals surface area (Å²) < 4.78 is 0. The highest BCUT2D eigenvalue weighted by atomic mass is 32.1. The number of nitrogens with two attached hydrogens (primary N) is 1. The first-order valence-electron chi connectivity index (χ1n) is 6.15. The molecule has 3 N–H and O–H groups in total. The number of nitrogens with zero attached hydrogens (tertiary/aromatic N) is 1. The van der Waals surface area contributed by atoms with Crippen molar-refractivity contribution in [3.8, 4) is 0 Å². The Bertz CT molecular complexity index is 619. The second-order valence-corrected chi connectivity index (χ2v) is 5.41. The third kappa shape index (κ3) is 2.76. The number of amides is 1. The molecular weight excluding hydrogens is 258 g/mol. The van der Waals surface area contributed by atoms with Crippen LogP contribution in [0, 0.1) is 13.8 Å². The van der Waals surface area contributed by atoms with Crippen LogP contribution in [0.3, 0.4) is 0 Å². The van der Waals surface area contributed by atoms with Crippen LogP contribution in [0.1, 0.15) is 33.4 Å². The molecular formula is C14H17N3OS. The van der Waals surface area contributed by atoms with Crippen LogP contribution >= 0.6 is 11.3 Å². The summed E-state index contributed by atoms with van der Waals surface area (Å²) >= 11 is 1.22. The molecule has 1 aromatic heterocycles. The fourth-order valence-electron chi connectivity index (χ4n) is 2.00. The molecule has 2 aromatic rings. The van der Waals surface area contributed by atoms with Crippen LogP contribution in [0.15, 0.2) is 18.2 Å². The molecule has 0 aliphatic rings. The lowest BCUT2D eigenvalue weighted by Gasteiger charge is -2.12. The Morgan fingerprint density at radius 1 is 1.42 bits per heavy atom. The van der Waals surface area contributed by atoms with E-state index in [1.165, 1.54) is 11.3 Å². The van der Waals surface area contributed by atoms with Crippen molar-refractivity contribution in [2.45, 2.75) is 27.2 Å². The Morgan fingerprint density at radius 2 is 2.16 bits per heavy atom. The van der Waals surface area contributed by atoms with Crippen LogP contribution in [0.4, 0.5) is 10.8 Å². The van der Waals surface area contributed by atoms with Crippen LogP contribution in [0.25, 0.3) is 0 Å². The van der Waals surface area contributed by atoms with E-state index < -0.39 is 0 Å². The van der Waals surface area contributed by atoms with Gasteiger partial charge in [0.15, 0.2) is 5.13 Å². The molecule has 0 spiro atoms. The Balaban J connectivity index is 2.31. The number of carbonyl (C=O) groups is 1. The molecule has 1 heterocycles. The number of nitrogen functional groups attached to an aromatic ring is 1. The summed E-state index contributed by atoms with van der Waals surface area (Å²) in [6.45, 7) is 5.85. The highest BCUT2D eigenvalue weighted by Crippen LogP contribution is 2.25. The van der Waals surface area contributed by atoms with Crippen molar-refractivity contribution in [2.75, 3.05) is 11.1 Å². The number of para-hydroxylation sites is 1. The molecule has 0 unspecified atom stereocenters. The summed E-state index contributed by atoms with van der Waals surface area (Å²) in [6.07, 6.45) is 0.876. The second-order valence-electron chi connectivity index (χ2n) is 4.38. The van der Waals surface area contributed by atoms with Gasteiger partial charge in [-0.2, -0.15) is 0 Å². The number of anilines is 2. The van der Waals surface area contributed by atoms with Gasteiger partial charge >= 0.3 is 0 Å². The van der Waals surface area contributed by atoms with Crippen molar-refractivity contribution in [1.82, 2.24) is 4.98 Å². The largest absolute Gasteiger partial charge is 0.375 e. The molecule has 2 rings (SSSR count). The van der Waals surface area contributed by atoms with Crippen molar-refractivity contribution in [2.24, 2.45) is 0 Å². The summed E-state index contributed by atoms with van der Waals surface area (Å²) in [4.78, 5) is 16.9. The van der Waals surface area contributed by atoms with Crippen molar-refractivity contribution in [3.63, 3.8) is 0 Å². The van der Waals surface area contributed by atoms with Gasteiger partial charge in [-0.25, -0.2) is 4.98 Å². The molecule has 0 atom stereocenters. The first-order valence-corrected chi connectivity index (χ1v) is 6.97. The average Bonchev–Trinajstić information content (AvgIpc) is 2.71. The number of benzene rings is 1. The van der Waals surface area contributed by atoms with E-state index in [0.29, 0.717) is 15.7 Å². The quantitative estimate of drug-likeness (QED) is 0.904. The van der Waals surface area contributed by atoms with Crippen LogP contribution in [-0.4, -0.2) is 10.9 Å². The third-order valence-electron chi connectivity index (χ3n) is 3.00. The van der Waals surface area contributed by atoms with Crippen LogP contribution < -0.4 is 11.1 Å². The number of aromatic nitrogens is 1. The zero-order chi connectivity index (χ0) is 14.0. The zero-order valence-corrected chi connectivity index (χ0v) is 12.1. The van der Waals surface area contributed by atoms with Crippen molar-refractivity contribution < 1.29 is 4.79 Å². The Morgan fingerprint density at radius 3 is 2.74 bits per heavy atom. The second kappa shape index (κ2) is 5.40. The van der Waals surface area contributed by atoms with Gasteiger partial charge in [0.2, 0.25) is 0 Å². The Kier molecular flexibility index (Phi) is 3.85. The summed E-state index contributed by atoms with van der Waals surface area (Å²) in [5.74, 6) is -0.143. The summed E-state index contributed by atoms with van der Waals surface area (Å²) in [5, 5.41) is 3.40. The third-order valence-corrected chi connectivity index (χ3v) is 3.98. The van der Waals surface area contributed by atoms with Gasteiger partial charge < -0.3 is 11.1 Å². The SMILES string of the molecule is CCc1cccc(C)c1NC(=O)c1sc(N)nc1C. The molecule has 5 heteroatoms.